The van der Waals surface area contributed by atoms with Crippen LogP contribution in [0.25, 0.3) is 0 Å². The third-order valence-corrected chi connectivity index (χ3v) is 3.53. The summed E-state index contributed by atoms with van der Waals surface area (Å²) in [5.74, 6) is 0.947. The summed E-state index contributed by atoms with van der Waals surface area (Å²) in [6, 6.07) is 13.3. The minimum absolute atomic E-state index is 0. The highest BCUT2D eigenvalue weighted by Crippen LogP contribution is 2.27. The van der Waals surface area contributed by atoms with E-state index in [1.807, 2.05) is 30.3 Å². The molecule has 0 atom stereocenters. The number of hydrogen-bond acceptors (Lipinski definition) is 2. The van der Waals surface area contributed by atoms with Gasteiger partial charge in [-0.3, -0.25) is 0 Å². The number of rotatable bonds is 4. The maximum absolute atomic E-state index is 6.05. The molecule has 22 heavy (non-hydrogen) atoms. The number of halogens is 3. The summed E-state index contributed by atoms with van der Waals surface area (Å²) in [4.78, 5) is 4.29. The number of methoxy groups -OCH3 is 1. The molecule has 2 aromatic carbocycles. The molecule has 0 aromatic heterocycles. The van der Waals surface area contributed by atoms with Gasteiger partial charge >= 0.3 is 0 Å². The van der Waals surface area contributed by atoms with Crippen LogP contribution in [0.4, 0.5) is 5.69 Å². The maximum atomic E-state index is 6.05. The summed E-state index contributed by atoms with van der Waals surface area (Å²) in [5, 5.41) is 3.51. The van der Waals surface area contributed by atoms with Crippen molar-refractivity contribution in [3.63, 3.8) is 0 Å². The topological polar surface area (TPSA) is 59.6 Å². The molecule has 2 rings (SSSR count). The zero-order valence-electron chi connectivity index (χ0n) is 11.8. The molecule has 2 aromatic rings. The molecule has 0 saturated carbocycles. The van der Waals surface area contributed by atoms with Crippen molar-refractivity contribution < 1.29 is 4.74 Å². The first kappa shape index (κ1) is 19.1. The minimum Gasteiger partial charge on any atom is -0.495 e. The van der Waals surface area contributed by atoms with Crippen LogP contribution in [-0.4, -0.2) is 13.1 Å². The molecule has 4 nitrogen and oxygen atoms in total. The van der Waals surface area contributed by atoms with E-state index in [0.717, 1.165) is 15.7 Å². The Bertz CT molecular complexity index is 667. The Hall–Kier alpha value is -0.990. The van der Waals surface area contributed by atoms with Gasteiger partial charge in [-0.05, 0) is 35.9 Å². The van der Waals surface area contributed by atoms with Crippen molar-refractivity contribution in [3.8, 4) is 5.75 Å². The molecule has 0 unspecified atom stereocenters. The second-order valence-corrected chi connectivity index (χ2v) is 5.63. The zero-order valence-corrected chi connectivity index (χ0v) is 16.5. The predicted octanol–water partition coefficient (Wildman–Crippen LogP) is 4.66. The van der Waals surface area contributed by atoms with Gasteiger partial charge in [0.1, 0.15) is 5.75 Å². The smallest absolute Gasteiger partial charge is 0.193 e. The Balaban J connectivity index is 0.00000242. The molecule has 118 valence electrons. The summed E-state index contributed by atoms with van der Waals surface area (Å²) >= 11 is 9.48. The lowest BCUT2D eigenvalue weighted by Crippen LogP contribution is -2.22. The minimum atomic E-state index is 0. The molecule has 0 aliphatic carbocycles. The van der Waals surface area contributed by atoms with E-state index in [1.54, 1.807) is 19.2 Å². The van der Waals surface area contributed by atoms with Crippen LogP contribution in [0.2, 0.25) is 5.02 Å². The molecule has 0 amide bonds. The second kappa shape index (κ2) is 9.22. The quantitative estimate of drug-likeness (QED) is 0.368. The SMILES string of the molecule is COc1ccc(NC(N)=NCc2cccc(Br)c2)cc1Cl.I. The molecule has 0 aliphatic rings. The molecular weight excluding hydrogens is 480 g/mol. The molecule has 3 N–H and O–H groups in total. The number of guanidine groups is 1. The third kappa shape index (κ3) is 5.66. The van der Waals surface area contributed by atoms with Crippen molar-refractivity contribution in [3.05, 3.63) is 57.5 Å². The lowest BCUT2D eigenvalue weighted by atomic mass is 10.2. The highest BCUT2D eigenvalue weighted by molar-refractivity contribution is 14.0. The Morgan fingerprint density at radius 3 is 2.73 bits per heavy atom. The van der Waals surface area contributed by atoms with E-state index in [0.29, 0.717) is 23.3 Å². The Kier molecular flexibility index (Phi) is 7.98. The Labute approximate surface area is 160 Å². The van der Waals surface area contributed by atoms with Gasteiger partial charge in [-0.15, -0.1) is 24.0 Å². The number of benzene rings is 2. The van der Waals surface area contributed by atoms with E-state index in [1.165, 1.54) is 0 Å². The van der Waals surface area contributed by atoms with Gasteiger partial charge in [-0.1, -0.05) is 39.7 Å². The lowest BCUT2D eigenvalue weighted by Gasteiger charge is -2.08. The monoisotopic (exact) mass is 495 g/mol. The normalized spacial score (nSPS) is 10.8. The number of ether oxygens (including phenoxy) is 1. The fraction of sp³-hybridized carbons (Fsp3) is 0.133. The molecule has 0 aliphatic heterocycles. The molecule has 0 heterocycles. The maximum Gasteiger partial charge on any atom is 0.193 e. The van der Waals surface area contributed by atoms with E-state index < -0.39 is 0 Å². The van der Waals surface area contributed by atoms with Crippen LogP contribution in [-0.2, 0) is 6.54 Å². The first-order valence-electron chi connectivity index (χ1n) is 6.23. The fourth-order valence-corrected chi connectivity index (χ4v) is 2.45. The zero-order chi connectivity index (χ0) is 15.2. The average molecular weight is 497 g/mol. The van der Waals surface area contributed by atoms with Gasteiger partial charge in [0.25, 0.3) is 0 Å². The summed E-state index contributed by atoms with van der Waals surface area (Å²) in [5.41, 5.74) is 7.70. The van der Waals surface area contributed by atoms with Crippen LogP contribution < -0.4 is 15.8 Å². The van der Waals surface area contributed by atoms with Crippen molar-refractivity contribution >= 4 is 63.2 Å². The van der Waals surface area contributed by atoms with Gasteiger partial charge in [0.15, 0.2) is 5.96 Å². The highest BCUT2D eigenvalue weighted by Gasteiger charge is 2.02. The van der Waals surface area contributed by atoms with E-state index in [2.05, 4.69) is 26.2 Å². The predicted molar refractivity (Wildman–Crippen MR) is 107 cm³/mol. The summed E-state index contributed by atoms with van der Waals surface area (Å²) in [6.07, 6.45) is 0. The van der Waals surface area contributed by atoms with E-state index >= 15 is 0 Å². The first-order valence-corrected chi connectivity index (χ1v) is 7.40. The number of nitrogens with one attached hydrogen (secondary N) is 1. The Morgan fingerprint density at radius 1 is 1.32 bits per heavy atom. The largest absolute Gasteiger partial charge is 0.495 e. The Morgan fingerprint density at radius 2 is 2.09 bits per heavy atom. The van der Waals surface area contributed by atoms with Crippen LogP contribution in [0.15, 0.2) is 51.9 Å². The van der Waals surface area contributed by atoms with Crippen molar-refractivity contribution in [2.24, 2.45) is 10.7 Å². The molecule has 0 radical (unpaired) electrons. The molecule has 0 saturated heterocycles. The van der Waals surface area contributed by atoms with Crippen LogP contribution in [0.1, 0.15) is 5.56 Å². The van der Waals surface area contributed by atoms with Gasteiger partial charge in [0.05, 0.1) is 18.7 Å². The van der Waals surface area contributed by atoms with Crippen LogP contribution in [0.3, 0.4) is 0 Å². The molecule has 7 heteroatoms. The van der Waals surface area contributed by atoms with Gasteiger partial charge in [-0.2, -0.15) is 0 Å². The molecule has 0 spiro atoms. The summed E-state index contributed by atoms with van der Waals surface area (Å²) in [7, 11) is 1.57. The van der Waals surface area contributed by atoms with Gasteiger partial charge < -0.3 is 15.8 Å². The van der Waals surface area contributed by atoms with Crippen molar-refractivity contribution in [2.45, 2.75) is 6.54 Å². The lowest BCUT2D eigenvalue weighted by molar-refractivity contribution is 0.415. The number of aliphatic imine (C=N–C) groups is 1. The summed E-state index contributed by atoms with van der Waals surface area (Å²) in [6.45, 7) is 0.502. The van der Waals surface area contributed by atoms with Gasteiger partial charge in [0.2, 0.25) is 0 Å². The number of anilines is 1. The third-order valence-electron chi connectivity index (χ3n) is 2.75. The van der Waals surface area contributed by atoms with Crippen LogP contribution in [0.5, 0.6) is 5.75 Å². The fourth-order valence-electron chi connectivity index (χ4n) is 1.74. The second-order valence-electron chi connectivity index (χ2n) is 4.31. The van der Waals surface area contributed by atoms with Gasteiger partial charge in [0, 0.05) is 10.2 Å². The average Bonchev–Trinajstić information content (AvgIpc) is 2.45. The van der Waals surface area contributed by atoms with Crippen molar-refractivity contribution in [1.29, 1.82) is 0 Å². The molecule has 0 fully saturated rings. The summed E-state index contributed by atoms with van der Waals surface area (Å²) < 4.78 is 6.11. The first-order chi connectivity index (χ1) is 10.1. The standard InChI is InChI=1S/C15H15BrClN3O.HI/c1-21-14-6-5-12(8-13(14)17)20-15(18)19-9-10-3-2-4-11(16)7-10;/h2-8H,9H2,1H3,(H3,18,19,20);1H. The van der Waals surface area contributed by atoms with Crippen molar-refractivity contribution in [1.82, 2.24) is 0 Å². The molecular formula is C15H16BrClIN3O. The van der Waals surface area contributed by atoms with E-state index in [-0.39, 0.29) is 24.0 Å². The van der Waals surface area contributed by atoms with E-state index in [4.69, 9.17) is 22.1 Å². The van der Waals surface area contributed by atoms with Gasteiger partial charge in [-0.25, -0.2) is 4.99 Å². The number of nitrogens with zero attached hydrogens (tertiary/aromatic N) is 1. The van der Waals surface area contributed by atoms with Crippen LogP contribution >= 0.6 is 51.5 Å². The molecule has 0 bridgehead atoms. The van der Waals surface area contributed by atoms with E-state index in [9.17, 15) is 0 Å². The number of hydrogen-bond donors (Lipinski definition) is 2. The highest BCUT2D eigenvalue weighted by atomic mass is 127. The van der Waals surface area contributed by atoms with Crippen LogP contribution in [0, 0.1) is 0 Å². The van der Waals surface area contributed by atoms with Crippen molar-refractivity contribution in [2.75, 3.05) is 12.4 Å². The number of nitrogens with two attached hydrogens (primary N) is 1.